The summed E-state index contributed by atoms with van der Waals surface area (Å²) in [6, 6.07) is 13.2. The Morgan fingerprint density at radius 1 is 0.771 bits per heavy atom. The largest absolute Gasteiger partial charge is 0.445 e. The highest BCUT2D eigenvalue weighted by atomic mass is 16.5. The van der Waals surface area contributed by atoms with E-state index in [0.29, 0.717) is 11.8 Å². The first-order valence-corrected chi connectivity index (χ1v) is 15.7. The van der Waals surface area contributed by atoms with E-state index in [9.17, 15) is 28.8 Å². The van der Waals surface area contributed by atoms with E-state index in [0.717, 1.165) is 5.56 Å². The number of hydrogen-bond donors (Lipinski definition) is 5. The zero-order valence-corrected chi connectivity index (χ0v) is 27.7. The number of ether oxygens (including phenoxy) is 1. The van der Waals surface area contributed by atoms with E-state index in [1.54, 1.807) is 56.3 Å². The molecular formula is C34H45N7O7. The molecule has 0 aliphatic carbocycles. The zero-order valence-electron chi connectivity index (χ0n) is 27.7. The van der Waals surface area contributed by atoms with Crippen LogP contribution in [0.5, 0.6) is 0 Å². The van der Waals surface area contributed by atoms with Crippen molar-refractivity contribution in [1.82, 2.24) is 21.3 Å². The molecule has 5 amide bonds. The second-order valence-electron chi connectivity index (χ2n) is 12.1. The number of carbonyl (C=O) groups is 6. The van der Waals surface area contributed by atoms with E-state index >= 15 is 0 Å². The summed E-state index contributed by atoms with van der Waals surface area (Å²) < 4.78 is 5.28. The molecule has 2 rings (SSSR count). The first-order chi connectivity index (χ1) is 22.8. The van der Waals surface area contributed by atoms with Gasteiger partial charge in [0.2, 0.25) is 23.6 Å². The highest BCUT2D eigenvalue weighted by Gasteiger charge is 2.33. The molecule has 14 nitrogen and oxygen atoms in total. The lowest BCUT2D eigenvalue weighted by molar-refractivity contribution is -0.134. The highest BCUT2D eigenvalue weighted by Crippen LogP contribution is 2.11. The van der Waals surface area contributed by atoms with Gasteiger partial charge in [-0.25, -0.2) is 4.79 Å². The molecule has 0 aromatic heterocycles. The van der Waals surface area contributed by atoms with Crippen LogP contribution in [0.2, 0.25) is 0 Å². The number of benzene rings is 2. The van der Waals surface area contributed by atoms with Crippen LogP contribution in [0.3, 0.4) is 0 Å². The fourth-order valence-corrected chi connectivity index (χ4v) is 4.71. The average Bonchev–Trinajstić information content (AvgIpc) is 3.04. The van der Waals surface area contributed by atoms with Crippen LogP contribution in [0, 0.1) is 11.8 Å². The smallest absolute Gasteiger partial charge is 0.408 e. The summed E-state index contributed by atoms with van der Waals surface area (Å²) in [6.45, 7) is 7.19. The number of nitrogens with zero attached hydrogens (tertiary/aromatic N) is 2. The van der Waals surface area contributed by atoms with E-state index in [-0.39, 0.29) is 44.1 Å². The maximum Gasteiger partial charge on any atom is 0.408 e. The van der Waals surface area contributed by atoms with Crippen molar-refractivity contribution in [3.8, 4) is 0 Å². The third kappa shape index (κ3) is 14.0. The maximum atomic E-state index is 13.7. The number of carbonyl (C=O) groups excluding carboxylic acids is 6. The predicted octanol–water partition coefficient (Wildman–Crippen LogP) is 1.82. The molecule has 2 aromatic rings. The van der Waals surface area contributed by atoms with Gasteiger partial charge in [0.1, 0.15) is 24.7 Å². The van der Waals surface area contributed by atoms with Crippen molar-refractivity contribution in [3.63, 3.8) is 0 Å². The molecule has 258 valence electrons. The van der Waals surface area contributed by atoms with Crippen LogP contribution in [0.15, 0.2) is 60.7 Å². The summed E-state index contributed by atoms with van der Waals surface area (Å²) in [5.41, 5.74) is 15.5. The Hall–Kier alpha value is -5.36. The number of rotatable bonds is 19. The maximum absolute atomic E-state index is 13.7. The molecule has 0 bridgehead atoms. The number of hydrogen-bond acceptors (Lipinski definition) is 7. The molecule has 4 atom stereocenters. The lowest BCUT2D eigenvalue weighted by atomic mass is 9.99. The molecule has 0 fully saturated rings. The van der Waals surface area contributed by atoms with Gasteiger partial charge in [-0.15, -0.1) is 0 Å². The first kappa shape index (κ1) is 38.8. The number of alkyl carbamates (subject to hydrolysis) is 1. The van der Waals surface area contributed by atoms with Gasteiger partial charge in [-0.3, -0.25) is 24.0 Å². The van der Waals surface area contributed by atoms with Crippen LogP contribution < -0.4 is 27.0 Å². The molecule has 48 heavy (non-hydrogen) atoms. The summed E-state index contributed by atoms with van der Waals surface area (Å²) in [7, 11) is 0. The topological polar surface area (TPSA) is 222 Å². The van der Waals surface area contributed by atoms with Gasteiger partial charge < -0.3 is 37.3 Å². The zero-order chi connectivity index (χ0) is 35.6. The molecule has 0 aliphatic rings. The van der Waals surface area contributed by atoms with Gasteiger partial charge in [-0.1, -0.05) is 88.4 Å². The summed E-state index contributed by atoms with van der Waals surface area (Å²) in [4.78, 5) is 79.9. The summed E-state index contributed by atoms with van der Waals surface area (Å²) in [5.74, 6) is -3.95. The number of Topliss-reactive ketones (excluding diaryl/α,β-unsaturated/α-hetero) is 1. The molecule has 0 saturated carbocycles. The molecule has 14 heteroatoms. The quantitative estimate of drug-likeness (QED) is 0.0851. The standard InChI is InChI=1S/C34H45N7O7/c1-21(2)17-26(40-33(46)30(22(3)4)41-34(47)48-20-24-13-9-6-10-14-24)31(44)39-27(18-23-11-7-5-8-12-23)32(45)38-25(15-16-29(35)43)28(42)19-37-36/h5-14,19,21-22,25-27,30H,15-18,20H2,1-4H3,(H2,35,43)(H,38,45)(H,39,44)(H,40,46)(H,41,47)/t25-,26-,27-,30-/m0/s1. The molecule has 0 radical (unpaired) electrons. The van der Waals surface area contributed by atoms with E-state index < -0.39 is 59.7 Å². The number of amides is 5. The van der Waals surface area contributed by atoms with Crippen molar-refractivity contribution in [2.75, 3.05) is 0 Å². The van der Waals surface area contributed by atoms with Gasteiger partial charge in [0, 0.05) is 12.8 Å². The van der Waals surface area contributed by atoms with Crippen LogP contribution in [-0.4, -0.2) is 70.7 Å². The number of nitrogens with one attached hydrogen (secondary N) is 4. The summed E-state index contributed by atoms with van der Waals surface area (Å²) in [6.07, 6.45) is -0.381. The Balaban J connectivity index is 2.25. The Morgan fingerprint density at radius 2 is 1.31 bits per heavy atom. The van der Waals surface area contributed by atoms with Crippen molar-refractivity contribution in [2.45, 2.75) is 84.2 Å². The van der Waals surface area contributed by atoms with Crippen molar-refractivity contribution < 1.29 is 38.3 Å². The average molecular weight is 664 g/mol. The van der Waals surface area contributed by atoms with Gasteiger partial charge in [0.15, 0.2) is 0 Å². The van der Waals surface area contributed by atoms with E-state index in [2.05, 4.69) is 26.1 Å². The molecule has 2 aromatic carbocycles. The first-order valence-electron chi connectivity index (χ1n) is 15.7. The molecule has 0 unspecified atom stereocenters. The number of nitrogens with two attached hydrogens (primary N) is 1. The van der Waals surface area contributed by atoms with Gasteiger partial charge in [-0.05, 0) is 35.8 Å². The number of primary amides is 1. The fraction of sp³-hybridized carbons (Fsp3) is 0.441. The van der Waals surface area contributed by atoms with Gasteiger partial charge >= 0.3 is 12.3 Å². The molecule has 0 spiro atoms. The molecular weight excluding hydrogens is 618 g/mol. The molecule has 0 heterocycles. The molecule has 6 N–H and O–H groups in total. The van der Waals surface area contributed by atoms with Crippen molar-refractivity contribution in [3.05, 3.63) is 77.3 Å². The van der Waals surface area contributed by atoms with Gasteiger partial charge in [0.25, 0.3) is 5.78 Å². The fourth-order valence-electron chi connectivity index (χ4n) is 4.71. The normalized spacial score (nSPS) is 13.2. The van der Waals surface area contributed by atoms with Gasteiger partial charge in [0.05, 0.1) is 6.04 Å². The Morgan fingerprint density at radius 3 is 1.85 bits per heavy atom. The minimum Gasteiger partial charge on any atom is -0.445 e. The van der Waals surface area contributed by atoms with E-state index in [4.69, 9.17) is 16.0 Å². The Kier molecular flexibility index (Phi) is 16.2. The highest BCUT2D eigenvalue weighted by molar-refractivity contribution is 6.28. The lowest BCUT2D eigenvalue weighted by Gasteiger charge is -2.28. The summed E-state index contributed by atoms with van der Waals surface area (Å²) >= 11 is 0. The summed E-state index contributed by atoms with van der Waals surface area (Å²) in [5, 5.41) is 10.5. The molecule has 0 saturated heterocycles. The van der Waals surface area contributed by atoms with Crippen molar-refractivity contribution in [1.29, 1.82) is 0 Å². The Labute approximate surface area is 280 Å². The predicted molar refractivity (Wildman–Crippen MR) is 177 cm³/mol. The second-order valence-corrected chi connectivity index (χ2v) is 12.1. The molecule has 0 aliphatic heterocycles. The lowest BCUT2D eigenvalue weighted by Crippen LogP contribution is -2.59. The van der Waals surface area contributed by atoms with Crippen LogP contribution in [-0.2, 0) is 41.7 Å². The van der Waals surface area contributed by atoms with Crippen molar-refractivity contribution in [2.24, 2.45) is 17.6 Å². The Bertz CT molecular complexity index is 1440. The van der Waals surface area contributed by atoms with Crippen LogP contribution in [0.4, 0.5) is 4.79 Å². The third-order valence-electron chi connectivity index (χ3n) is 7.22. The van der Waals surface area contributed by atoms with Crippen LogP contribution >= 0.6 is 0 Å². The third-order valence-corrected chi connectivity index (χ3v) is 7.22. The number of ketones is 1. The van der Waals surface area contributed by atoms with Crippen LogP contribution in [0.25, 0.3) is 5.53 Å². The van der Waals surface area contributed by atoms with E-state index in [1.807, 2.05) is 32.0 Å². The van der Waals surface area contributed by atoms with Crippen LogP contribution in [0.1, 0.15) is 58.1 Å². The second kappa shape index (κ2) is 20.0. The SMILES string of the molecule is CC(C)C[C@H](NC(=O)[C@@H](NC(=O)OCc1ccccc1)C(C)C)C(=O)N[C@@H](Cc1ccccc1)C(=O)N[C@@H](CCC(N)=O)C(=O)C=[N+]=[N-]. The minimum absolute atomic E-state index is 0.00411. The van der Waals surface area contributed by atoms with E-state index in [1.165, 1.54) is 0 Å². The minimum atomic E-state index is -1.26. The monoisotopic (exact) mass is 663 g/mol. The van der Waals surface area contributed by atoms with Gasteiger partial charge in [-0.2, -0.15) is 4.79 Å². The van der Waals surface area contributed by atoms with Crippen molar-refractivity contribution >= 4 is 41.7 Å².